The van der Waals surface area contributed by atoms with E-state index < -0.39 is 0 Å². The molecule has 1 aromatic rings. The van der Waals surface area contributed by atoms with Crippen LogP contribution in [0.1, 0.15) is 42.2 Å². The van der Waals surface area contributed by atoms with E-state index in [0.717, 1.165) is 5.56 Å². The summed E-state index contributed by atoms with van der Waals surface area (Å²) in [5.41, 5.74) is 6.69. The molecular formula is C15H20N4O2. The molecule has 0 bridgehead atoms. The van der Waals surface area contributed by atoms with Crippen molar-refractivity contribution in [1.82, 2.24) is 10.2 Å². The van der Waals surface area contributed by atoms with Gasteiger partial charge >= 0.3 is 0 Å². The zero-order valence-electron chi connectivity index (χ0n) is 12.2. The summed E-state index contributed by atoms with van der Waals surface area (Å²) < 4.78 is 0. The molecule has 1 aromatic carbocycles. The molecule has 0 spiro atoms. The summed E-state index contributed by atoms with van der Waals surface area (Å²) in [5, 5.41) is 9.39. The molecule has 0 saturated heterocycles. The summed E-state index contributed by atoms with van der Waals surface area (Å²) in [4.78, 5) is 26.1. The van der Waals surface area contributed by atoms with Gasteiger partial charge in [-0.05, 0) is 17.5 Å². The topological polar surface area (TPSA) is 99.3 Å². The van der Waals surface area contributed by atoms with Crippen molar-refractivity contribution in [2.75, 3.05) is 6.54 Å². The van der Waals surface area contributed by atoms with Gasteiger partial charge in [-0.3, -0.25) is 20.3 Å². The van der Waals surface area contributed by atoms with Crippen LogP contribution in [0.5, 0.6) is 0 Å². The molecule has 1 aliphatic heterocycles. The van der Waals surface area contributed by atoms with Crippen LogP contribution in [0.25, 0.3) is 0 Å². The van der Waals surface area contributed by atoms with E-state index >= 15 is 0 Å². The van der Waals surface area contributed by atoms with Gasteiger partial charge < -0.3 is 10.6 Å². The molecule has 2 rings (SSSR count). The maximum absolute atomic E-state index is 12.5. The Bertz CT molecular complexity index is 583. The number of fused-ring (bicyclic) bond motifs is 1. The van der Waals surface area contributed by atoms with Gasteiger partial charge in [-0.25, -0.2) is 0 Å². The normalized spacial score (nSPS) is 17.0. The van der Waals surface area contributed by atoms with Gasteiger partial charge in [-0.1, -0.05) is 32.0 Å². The minimum atomic E-state index is -0.381. The summed E-state index contributed by atoms with van der Waals surface area (Å²) in [6.45, 7) is 4.65. The second kappa shape index (κ2) is 5.95. The molecular weight excluding hydrogens is 268 g/mol. The first-order valence-electron chi connectivity index (χ1n) is 6.94. The summed E-state index contributed by atoms with van der Waals surface area (Å²) >= 11 is 0. The number of amides is 2. The van der Waals surface area contributed by atoms with E-state index in [9.17, 15) is 9.59 Å². The van der Waals surface area contributed by atoms with E-state index in [1.54, 1.807) is 11.0 Å². The number of carbonyl (C=O) groups excluding carboxylic acids is 2. The summed E-state index contributed by atoms with van der Waals surface area (Å²) in [5.74, 6) is -0.472. The average molecular weight is 288 g/mol. The van der Waals surface area contributed by atoms with Crippen LogP contribution in [-0.2, 0) is 4.79 Å². The molecule has 0 radical (unpaired) electrons. The molecule has 1 unspecified atom stereocenters. The number of carbonyl (C=O) groups is 2. The lowest BCUT2D eigenvalue weighted by Gasteiger charge is -2.26. The molecule has 112 valence electrons. The average Bonchev–Trinajstić information content (AvgIpc) is 2.63. The highest BCUT2D eigenvalue weighted by Crippen LogP contribution is 2.36. The molecule has 1 atom stereocenters. The summed E-state index contributed by atoms with van der Waals surface area (Å²) in [7, 11) is 0. The molecule has 1 heterocycles. The molecule has 1 aliphatic rings. The number of nitrogens with two attached hydrogens (primary N) is 1. The third-order valence-corrected chi connectivity index (χ3v) is 3.40. The Hall–Kier alpha value is -2.37. The lowest BCUT2D eigenvalue weighted by atomic mass is 10.0. The first-order valence-corrected chi connectivity index (χ1v) is 6.94. The van der Waals surface area contributed by atoms with Gasteiger partial charge in [0.1, 0.15) is 0 Å². The van der Waals surface area contributed by atoms with Gasteiger partial charge in [-0.15, -0.1) is 0 Å². The number of nitrogens with one attached hydrogen (secondary N) is 2. The number of hydrogen-bond donors (Lipinski definition) is 3. The predicted octanol–water partition coefficient (Wildman–Crippen LogP) is 1.24. The van der Waals surface area contributed by atoms with Crippen molar-refractivity contribution in [3.05, 3.63) is 35.4 Å². The first-order chi connectivity index (χ1) is 9.90. The van der Waals surface area contributed by atoms with Crippen LogP contribution >= 0.6 is 0 Å². The minimum absolute atomic E-state index is 0.0417. The van der Waals surface area contributed by atoms with Crippen molar-refractivity contribution in [2.24, 2.45) is 11.7 Å². The molecule has 0 saturated carbocycles. The molecule has 2 amide bonds. The van der Waals surface area contributed by atoms with Gasteiger partial charge in [0, 0.05) is 12.1 Å². The van der Waals surface area contributed by atoms with E-state index in [1.807, 2.05) is 32.0 Å². The van der Waals surface area contributed by atoms with Crippen molar-refractivity contribution in [2.45, 2.75) is 26.3 Å². The third-order valence-electron chi connectivity index (χ3n) is 3.40. The fourth-order valence-electron chi connectivity index (χ4n) is 2.65. The Balaban J connectivity index is 2.27. The fourth-order valence-corrected chi connectivity index (χ4v) is 2.65. The lowest BCUT2D eigenvalue weighted by molar-refractivity contribution is -0.120. The highest BCUT2D eigenvalue weighted by atomic mass is 16.2. The standard InChI is InChI=1S/C15H20N4O2/c1-9(2)8-19-12(7-13(20)18-15(16)17)10-5-3-4-6-11(10)14(19)21/h3-6,9,12H,7-8H2,1-2H3,(H4,16,17,18,20). The van der Waals surface area contributed by atoms with E-state index in [-0.39, 0.29) is 30.2 Å². The quantitative estimate of drug-likeness (QED) is 0.574. The number of guanidine groups is 1. The zero-order valence-corrected chi connectivity index (χ0v) is 12.2. The van der Waals surface area contributed by atoms with Gasteiger partial charge in [0.15, 0.2) is 5.96 Å². The Morgan fingerprint density at radius 1 is 1.43 bits per heavy atom. The van der Waals surface area contributed by atoms with E-state index in [1.165, 1.54) is 0 Å². The second-order valence-electron chi connectivity index (χ2n) is 5.62. The minimum Gasteiger partial charge on any atom is -0.370 e. The highest BCUT2D eigenvalue weighted by Gasteiger charge is 2.37. The molecule has 4 N–H and O–H groups in total. The van der Waals surface area contributed by atoms with Gasteiger partial charge in [0.2, 0.25) is 5.91 Å². The first kappa shape index (κ1) is 15.0. The molecule has 0 aliphatic carbocycles. The Kier molecular flexibility index (Phi) is 4.26. The largest absolute Gasteiger partial charge is 0.370 e. The predicted molar refractivity (Wildman–Crippen MR) is 79.7 cm³/mol. The fraction of sp³-hybridized carbons (Fsp3) is 0.400. The Morgan fingerprint density at radius 3 is 2.71 bits per heavy atom. The van der Waals surface area contributed by atoms with E-state index in [2.05, 4.69) is 5.32 Å². The maximum Gasteiger partial charge on any atom is 0.254 e. The van der Waals surface area contributed by atoms with Crippen LogP contribution in [0.3, 0.4) is 0 Å². The van der Waals surface area contributed by atoms with Crippen LogP contribution in [0.15, 0.2) is 24.3 Å². The van der Waals surface area contributed by atoms with E-state index in [4.69, 9.17) is 11.1 Å². The van der Waals surface area contributed by atoms with Gasteiger partial charge in [0.05, 0.1) is 12.5 Å². The number of rotatable bonds is 4. The van der Waals surface area contributed by atoms with Crippen molar-refractivity contribution in [1.29, 1.82) is 5.41 Å². The van der Waals surface area contributed by atoms with Gasteiger partial charge in [0.25, 0.3) is 5.91 Å². The van der Waals surface area contributed by atoms with Crippen molar-refractivity contribution in [3.8, 4) is 0 Å². The lowest BCUT2D eigenvalue weighted by Crippen LogP contribution is -2.39. The van der Waals surface area contributed by atoms with Crippen LogP contribution < -0.4 is 11.1 Å². The van der Waals surface area contributed by atoms with Crippen LogP contribution in [0, 0.1) is 11.3 Å². The zero-order chi connectivity index (χ0) is 15.6. The van der Waals surface area contributed by atoms with Crippen LogP contribution in [0.4, 0.5) is 0 Å². The molecule has 21 heavy (non-hydrogen) atoms. The molecule has 0 fully saturated rings. The van der Waals surface area contributed by atoms with Crippen LogP contribution in [0.2, 0.25) is 0 Å². The number of hydrogen-bond acceptors (Lipinski definition) is 3. The number of benzene rings is 1. The third kappa shape index (κ3) is 3.21. The number of nitrogens with zero attached hydrogens (tertiary/aromatic N) is 1. The second-order valence-corrected chi connectivity index (χ2v) is 5.62. The van der Waals surface area contributed by atoms with Gasteiger partial charge in [-0.2, -0.15) is 0 Å². The van der Waals surface area contributed by atoms with Crippen molar-refractivity contribution in [3.63, 3.8) is 0 Å². The summed E-state index contributed by atoms with van der Waals surface area (Å²) in [6.07, 6.45) is 0.106. The molecule has 0 aromatic heterocycles. The van der Waals surface area contributed by atoms with Crippen LogP contribution in [-0.4, -0.2) is 29.2 Å². The Labute approximate surface area is 123 Å². The molecule has 6 heteroatoms. The van der Waals surface area contributed by atoms with Crippen molar-refractivity contribution < 1.29 is 9.59 Å². The van der Waals surface area contributed by atoms with E-state index in [0.29, 0.717) is 18.0 Å². The summed E-state index contributed by atoms with van der Waals surface area (Å²) in [6, 6.07) is 7.05. The molecule has 6 nitrogen and oxygen atoms in total. The van der Waals surface area contributed by atoms with Crippen molar-refractivity contribution >= 4 is 17.8 Å². The highest BCUT2D eigenvalue weighted by molar-refractivity contribution is 6.01. The maximum atomic E-state index is 12.5. The Morgan fingerprint density at radius 2 is 2.10 bits per heavy atom. The SMILES string of the molecule is CC(C)CN1C(=O)c2ccccc2C1CC(=O)NC(=N)N. The monoisotopic (exact) mass is 288 g/mol. The smallest absolute Gasteiger partial charge is 0.254 e.